The number of hydrogen-bond donors (Lipinski definition) is 1. The molecule has 0 heterocycles. The molecule has 0 radical (unpaired) electrons. The Morgan fingerprint density at radius 2 is 1.19 bits per heavy atom. The predicted octanol–water partition coefficient (Wildman–Crippen LogP) is 8.90. The van der Waals surface area contributed by atoms with E-state index in [9.17, 15) is 5.11 Å². The lowest BCUT2D eigenvalue weighted by Crippen LogP contribution is -1.91. The van der Waals surface area contributed by atoms with Gasteiger partial charge in [0, 0.05) is 21.1 Å². The highest BCUT2D eigenvalue weighted by molar-refractivity contribution is 6.39. The molecule has 0 bridgehead atoms. The number of rotatable bonds is 4. The summed E-state index contributed by atoms with van der Waals surface area (Å²) in [6.07, 6.45) is 0. The Kier molecular flexibility index (Phi) is 6.42. The normalized spacial score (nSPS) is 10.7. The number of halogens is 6. The number of benzene rings is 3. The molecule has 0 unspecified atom stereocenters. The van der Waals surface area contributed by atoms with Crippen molar-refractivity contribution < 1.29 is 14.6 Å². The molecule has 0 aliphatic heterocycles. The molecule has 1 N–H and O–H groups in total. The third-order valence-corrected chi connectivity index (χ3v) is 4.99. The fourth-order valence-corrected chi connectivity index (χ4v) is 3.49. The molecule has 9 heteroatoms. The van der Waals surface area contributed by atoms with Crippen molar-refractivity contribution in [3.8, 4) is 28.7 Å². The highest BCUT2D eigenvalue weighted by atomic mass is 35.5. The maximum absolute atomic E-state index is 10.2. The Morgan fingerprint density at radius 3 is 1.78 bits per heavy atom. The van der Waals surface area contributed by atoms with Gasteiger partial charge in [-0.3, -0.25) is 0 Å². The second-order valence-corrected chi connectivity index (χ2v) is 7.71. The van der Waals surface area contributed by atoms with Crippen molar-refractivity contribution in [2.75, 3.05) is 0 Å². The molecule has 0 saturated heterocycles. The summed E-state index contributed by atoms with van der Waals surface area (Å²) in [6, 6.07) is 10.7. The van der Waals surface area contributed by atoms with Gasteiger partial charge in [-0.25, -0.2) is 0 Å². The van der Waals surface area contributed by atoms with Crippen molar-refractivity contribution in [1.82, 2.24) is 0 Å². The van der Waals surface area contributed by atoms with E-state index in [0.29, 0.717) is 20.8 Å². The number of phenols is 1. The Hall–Kier alpha value is -1.20. The lowest BCUT2D eigenvalue weighted by Gasteiger charge is -2.15. The molecule has 0 aliphatic rings. The average molecular weight is 485 g/mol. The minimum atomic E-state index is -0.413. The highest BCUT2D eigenvalue weighted by Crippen LogP contribution is 2.48. The summed E-state index contributed by atoms with van der Waals surface area (Å²) in [5.74, 6) is 0.333. The molecule has 0 fully saturated rings. The zero-order valence-electron chi connectivity index (χ0n) is 13.1. The summed E-state index contributed by atoms with van der Waals surface area (Å²) in [5.41, 5.74) is 0. The molecule has 0 saturated carbocycles. The van der Waals surface area contributed by atoms with Gasteiger partial charge in [0.25, 0.3) is 0 Å². The number of aromatic hydroxyl groups is 1. The number of phenolic OH excluding ortho intramolecular Hbond substituents is 1. The van der Waals surface area contributed by atoms with Gasteiger partial charge in [0.05, 0.1) is 5.02 Å². The first-order valence-electron chi connectivity index (χ1n) is 7.22. The molecule has 0 atom stereocenters. The van der Waals surface area contributed by atoms with E-state index >= 15 is 0 Å². The fraction of sp³-hybridized carbons (Fsp3) is 0. The molecule has 0 spiro atoms. The lowest BCUT2D eigenvalue weighted by atomic mass is 10.2. The summed E-state index contributed by atoms with van der Waals surface area (Å²) < 4.78 is 11.4. The summed E-state index contributed by atoms with van der Waals surface area (Å²) in [7, 11) is 0. The SMILES string of the molecule is Oc1c(Cl)c(Oc2cc(Cl)cc(Cl)c2)cc(Oc2ccc(Cl)cc2Cl)c1Cl. The first-order valence-corrected chi connectivity index (χ1v) is 9.49. The summed E-state index contributed by atoms with van der Waals surface area (Å²) >= 11 is 36.2. The minimum absolute atomic E-state index is 0.0749. The van der Waals surface area contributed by atoms with Gasteiger partial charge < -0.3 is 14.6 Å². The van der Waals surface area contributed by atoms with E-state index in [1.165, 1.54) is 24.3 Å². The molecule has 0 aromatic heterocycles. The minimum Gasteiger partial charge on any atom is -0.505 e. The molecule has 3 aromatic rings. The topological polar surface area (TPSA) is 38.7 Å². The Labute approximate surface area is 184 Å². The molecule has 27 heavy (non-hydrogen) atoms. The van der Waals surface area contributed by atoms with Gasteiger partial charge in [0.15, 0.2) is 17.2 Å². The van der Waals surface area contributed by atoms with Gasteiger partial charge >= 0.3 is 0 Å². The van der Waals surface area contributed by atoms with Gasteiger partial charge in [0.1, 0.15) is 21.5 Å². The van der Waals surface area contributed by atoms with Crippen LogP contribution in [0.2, 0.25) is 30.1 Å². The number of hydrogen-bond acceptors (Lipinski definition) is 3. The Balaban J connectivity index is 2.00. The highest BCUT2D eigenvalue weighted by Gasteiger charge is 2.19. The monoisotopic (exact) mass is 482 g/mol. The molecular weight excluding hydrogens is 477 g/mol. The van der Waals surface area contributed by atoms with Gasteiger partial charge in [-0.2, -0.15) is 0 Å². The van der Waals surface area contributed by atoms with E-state index in [1.54, 1.807) is 18.2 Å². The second kappa shape index (κ2) is 8.44. The van der Waals surface area contributed by atoms with E-state index < -0.39 is 5.75 Å². The van der Waals surface area contributed by atoms with Crippen molar-refractivity contribution in [3.05, 3.63) is 72.6 Å². The van der Waals surface area contributed by atoms with Crippen LogP contribution in [0, 0.1) is 0 Å². The van der Waals surface area contributed by atoms with Gasteiger partial charge in [-0.05, 0) is 36.4 Å². The van der Waals surface area contributed by atoms with Crippen LogP contribution < -0.4 is 9.47 Å². The van der Waals surface area contributed by atoms with Crippen LogP contribution in [0.3, 0.4) is 0 Å². The van der Waals surface area contributed by atoms with Crippen LogP contribution in [-0.2, 0) is 0 Å². The maximum atomic E-state index is 10.2. The molecular formula is C18H8Cl6O3. The first kappa shape index (κ1) is 20.5. The molecule has 0 aliphatic carbocycles. The van der Waals surface area contributed by atoms with Crippen molar-refractivity contribution in [2.24, 2.45) is 0 Å². The van der Waals surface area contributed by atoms with Crippen molar-refractivity contribution >= 4 is 69.6 Å². The zero-order chi connectivity index (χ0) is 19.7. The predicted molar refractivity (Wildman–Crippen MR) is 111 cm³/mol. The van der Waals surface area contributed by atoms with Crippen molar-refractivity contribution in [2.45, 2.75) is 0 Å². The smallest absolute Gasteiger partial charge is 0.160 e. The third-order valence-electron chi connectivity index (χ3n) is 3.29. The van der Waals surface area contributed by atoms with Crippen LogP contribution in [0.5, 0.6) is 28.7 Å². The van der Waals surface area contributed by atoms with Crippen LogP contribution in [0.25, 0.3) is 0 Å². The van der Waals surface area contributed by atoms with E-state index in [2.05, 4.69) is 0 Å². The summed E-state index contributed by atoms with van der Waals surface area (Å²) in [4.78, 5) is 0. The summed E-state index contributed by atoms with van der Waals surface area (Å²) in [6.45, 7) is 0. The Bertz CT molecular complexity index is 1000. The van der Waals surface area contributed by atoms with Crippen molar-refractivity contribution in [3.63, 3.8) is 0 Å². The molecule has 3 nitrogen and oxygen atoms in total. The van der Waals surface area contributed by atoms with Crippen LogP contribution >= 0.6 is 69.6 Å². The average Bonchev–Trinajstić information content (AvgIpc) is 2.58. The standard InChI is InChI=1S/C18H8Cl6O3/c19-8-1-2-13(12(22)6-8)27-15-7-14(16(23)18(25)17(15)24)26-11-4-9(20)3-10(21)5-11/h1-7,25H. The summed E-state index contributed by atoms with van der Waals surface area (Å²) in [5, 5.41) is 11.4. The lowest BCUT2D eigenvalue weighted by molar-refractivity contribution is 0.436. The largest absolute Gasteiger partial charge is 0.505 e. The van der Waals surface area contributed by atoms with Crippen LogP contribution in [0.4, 0.5) is 0 Å². The van der Waals surface area contributed by atoms with Crippen LogP contribution in [0.1, 0.15) is 0 Å². The zero-order valence-corrected chi connectivity index (χ0v) is 17.6. The number of ether oxygens (including phenoxy) is 2. The molecule has 3 rings (SSSR count). The Morgan fingerprint density at radius 1 is 0.593 bits per heavy atom. The van der Waals surface area contributed by atoms with E-state index in [1.807, 2.05) is 0 Å². The van der Waals surface area contributed by atoms with Crippen LogP contribution in [0.15, 0.2) is 42.5 Å². The second-order valence-electron chi connectivity index (χ2n) is 5.23. The van der Waals surface area contributed by atoms with Crippen LogP contribution in [-0.4, -0.2) is 5.11 Å². The molecule has 0 amide bonds. The molecule has 3 aromatic carbocycles. The fourth-order valence-electron chi connectivity index (χ4n) is 2.11. The third kappa shape index (κ3) is 4.80. The molecule has 140 valence electrons. The first-order chi connectivity index (χ1) is 12.7. The van der Waals surface area contributed by atoms with Gasteiger partial charge in [-0.15, -0.1) is 0 Å². The maximum Gasteiger partial charge on any atom is 0.160 e. The van der Waals surface area contributed by atoms with Gasteiger partial charge in [0.2, 0.25) is 0 Å². The van der Waals surface area contributed by atoms with E-state index in [0.717, 1.165) is 0 Å². The van der Waals surface area contributed by atoms with E-state index in [4.69, 9.17) is 79.1 Å². The quantitative estimate of drug-likeness (QED) is 0.401. The van der Waals surface area contributed by atoms with Gasteiger partial charge in [-0.1, -0.05) is 69.6 Å². The van der Waals surface area contributed by atoms with Crippen molar-refractivity contribution in [1.29, 1.82) is 0 Å². The van der Waals surface area contributed by atoms with E-state index in [-0.39, 0.29) is 32.3 Å².